The molecule has 4 aromatic rings. The van der Waals surface area contributed by atoms with Crippen molar-refractivity contribution in [1.29, 1.82) is 5.26 Å². The number of methoxy groups -OCH3 is 1. The Bertz CT molecular complexity index is 1330. The standard InChI is InChI=1S/C26H20N4O2/c1-31-20-13-11-18(12-14-20)22-21(15-27)25(28)32-26-23(22)24(29-30-26)19-9-7-17(8-10-19)16-5-3-2-4-6-16/h2-14,22H,28H2,1H3,(H,29,30). The Morgan fingerprint density at radius 3 is 2.25 bits per heavy atom. The molecule has 1 atom stereocenters. The van der Waals surface area contributed by atoms with Crippen LogP contribution in [0.1, 0.15) is 17.0 Å². The van der Waals surface area contributed by atoms with E-state index >= 15 is 0 Å². The van der Waals surface area contributed by atoms with Crippen molar-refractivity contribution in [2.75, 3.05) is 7.11 Å². The molecule has 156 valence electrons. The number of allylic oxidation sites excluding steroid dienone is 1. The average Bonchev–Trinajstić information content (AvgIpc) is 3.27. The molecule has 1 unspecified atom stereocenters. The first-order valence-electron chi connectivity index (χ1n) is 10.1. The fraction of sp³-hybridized carbons (Fsp3) is 0.0769. The zero-order chi connectivity index (χ0) is 22.1. The molecular weight excluding hydrogens is 400 g/mol. The fourth-order valence-electron chi connectivity index (χ4n) is 4.05. The highest BCUT2D eigenvalue weighted by molar-refractivity contribution is 5.74. The first-order valence-corrected chi connectivity index (χ1v) is 10.1. The van der Waals surface area contributed by atoms with Crippen LogP contribution in [0.2, 0.25) is 0 Å². The van der Waals surface area contributed by atoms with E-state index in [0.29, 0.717) is 11.5 Å². The third kappa shape index (κ3) is 3.26. The summed E-state index contributed by atoms with van der Waals surface area (Å²) in [5, 5.41) is 17.3. The molecule has 3 N–H and O–H groups in total. The summed E-state index contributed by atoms with van der Waals surface area (Å²) in [6.07, 6.45) is 0. The molecule has 2 heterocycles. The van der Waals surface area contributed by atoms with E-state index in [0.717, 1.165) is 39.3 Å². The Morgan fingerprint density at radius 2 is 1.59 bits per heavy atom. The van der Waals surface area contributed by atoms with Gasteiger partial charge in [-0.1, -0.05) is 66.7 Å². The van der Waals surface area contributed by atoms with Crippen LogP contribution < -0.4 is 15.2 Å². The van der Waals surface area contributed by atoms with E-state index in [2.05, 4.69) is 40.5 Å². The Labute approximate surface area is 185 Å². The van der Waals surface area contributed by atoms with Crippen molar-refractivity contribution in [3.05, 3.63) is 101 Å². The predicted molar refractivity (Wildman–Crippen MR) is 122 cm³/mol. The molecule has 5 rings (SSSR count). The molecule has 6 nitrogen and oxygen atoms in total. The van der Waals surface area contributed by atoms with Gasteiger partial charge in [0, 0.05) is 5.56 Å². The Balaban J connectivity index is 1.60. The molecule has 0 amide bonds. The van der Waals surface area contributed by atoms with E-state index in [4.69, 9.17) is 15.2 Å². The number of nitriles is 1. The topological polar surface area (TPSA) is 96.9 Å². The fourth-order valence-corrected chi connectivity index (χ4v) is 4.05. The van der Waals surface area contributed by atoms with E-state index in [9.17, 15) is 5.26 Å². The average molecular weight is 420 g/mol. The van der Waals surface area contributed by atoms with Crippen molar-refractivity contribution in [1.82, 2.24) is 10.2 Å². The maximum Gasteiger partial charge on any atom is 0.244 e. The molecule has 0 spiro atoms. The summed E-state index contributed by atoms with van der Waals surface area (Å²) in [7, 11) is 1.62. The quantitative estimate of drug-likeness (QED) is 0.486. The van der Waals surface area contributed by atoms with Gasteiger partial charge in [0.2, 0.25) is 11.8 Å². The Morgan fingerprint density at radius 1 is 0.938 bits per heavy atom. The summed E-state index contributed by atoms with van der Waals surface area (Å²) in [6, 6.07) is 28.2. The third-order valence-corrected chi connectivity index (χ3v) is 5.67. The highest BCUT2D eigenvalue weighted by Gasteiger charge is 2.35. The van der Waals surface area contributed by atoms with Crippen LogP contribution in [0.4, 0.5) is 0 Å². The number of aromatic amines is 1. The monoisotopic (exact) mass is 420 g/mol. The van der Waals surface area contributed by atoms with Gasteiger partial charge in [-0.3, -0.25) is 5.10 Å². The predicted octanol–water partition coefficient (Wildman–Crippen LogP) is 4.97. The van der Waals surface area contributed by atoms with Gasteiger partial charge in [-0.2, -0.15) is 5.26 Å². The van der Waals surface area contributed by atoms with Crippen molar-refractivity contribution in [3.63, 3.8) is 0 Å². The van der Waals surface area contributed by atoms with Crippen molar-refractivity contribution >= 4 is 0 Å². The van der Waals surface area contributed by atoms with Gasteiger partial charge >= 0.3 is 0 Å². The van der Waals surface area contributed by atoms with E-state index in [1.54, 1.807) is 7.11 Å². The lowest BCUT2D eigenvalue weighted by Gasteiger charge is -2.24. The maximum absolute atomic E-state index is 9.86. The van der Waals surface area contributed by atoms with Crippen LogP contribution in [-0.2, 0) is 0 Å². The SMILES string of the molecule is COc1ccc(C2C(C#N)=C(N)Oc3n[nH]c(-c4ccc(-c5ccccc5)cc4)c32)cc1. The Kier molecular flexibility index (Phi) is 4.85. The lowest BCUT2D eigenvalue weighted by molar-refractivity contribution is 0.379. The lowest BCUT2D eigenvalue weighted by atomic mass is 9.83. The number of fused-ring (bicyclic) bond motifs is 1. The number of hydrogen-bond donors (Lipinski definition) is 2. The number of hydrogen-bond acceptors (Lipinski definition) is 5. The van der Waals surface area contributed by atoms with Crippen molar-refractivity contribution in [2.45, 2.75) is 5.92 Å². The molecule has 0 bridgehead atoms. The first-order chi connectivity index (χ1) is 15.7. The van der Waals surface area contributed by atoms with Gasteiger partial charge < -0.3 is 15.2 Å². The van der Waals surface area contributed by atoms with Crippen molar-refractivity contribution in [2.24, 2.45) is 5.73 Å². The smallest absolute Gasteiger partial charge is 0.244 e. The molecule has 0 saturated heterocycles. The van der Waals surface area contributed by atoms with Gasteiger partial charge in [0.1, 0.15) is 17.4 Å². The molecular formula is C26H20N4O2. The molecule has 0 saturated carbocycles. The number of benzene rings is 3. The van der Waals surface area contributed by atoms with Crippen molar-refractivity contribution in [3.8, 4) is 40.1 Å². The summed E-state index contributed by atoms with van der Waals surface area (Å²) in [4.78, 5) is 0. The minimum atomic E-state index is -0.405. The third-order valence-electron chi connectivity index (χ3n) is 5.67. The zero-order valence-electron chi connectivity index (χ0n) is 17.4. The Hall–Kier alpha value is -4.50. The van der Waals surface area contributed by atoms with Crippen LogP contribution in [0.5, 0.6) is 11.6 Å². The number of aromatic nitrogens is 2. The lowest BCUT2D eigenvalue weighted by Crippen LogP contribution is -2.20. The molecule has 6 heteroatoms. The highest BCUT2D eigenvalue weighted by Crippen LogP contribution is 2.45. The second-order valence-corrected chi connectivity index (χ2v) is 7.46. The van der Waals surface area contributed by atoms with Gasteiger partial charge in [0.15, 0.2) is 0 Å². The molecule has 1 aromatic heterocycles. The molecule has 1 aliphatic heterocycles. The van der Waals surface area contributed by atoms with E-state index in [1.807, 2.05) is 54.6 Å². The second kappa shape index (κ2) is 7.97. The molecule has 32 heavy (non-hydrogen) atoms. The van der Waals surface area contributed by atoms with Gasteiger partial charge in [-0.15, -0.1) is 5.10 Å². The van der Waals surface area contributed by atoms with Crippen LogP contribution in [0.25, 0.3) is 22.4 Å². The first kappa shape index (κ1) is 19.5. The second-order valence-electron chi connectivity index (χ2n) is 7.46. The maximum atomic E-state index is 9.86. The summed E-state index contributed by atoms with van der Waals surface area (Å²) in [5.41, 5.74) is 12.1. The van der Waals surface area contributed by atoms with Crippen molar-refractivity contribution < 1.29 is 9.47 Å². The van der Waals surface area contributed by atoms with Gasteiger partial charge in [-0.25, -0.2) is 0 Å². The number of nitrogens with two attached hydrogens (primary N) is 1. The van der Waals surface area contributed by atoms with Gasteiger partial charge in [0.25, 0.3) is 0 Å². The normalized spacial score (nSPS) is 14.9. The van der Waals surface area contributed by atoms with Crippen LogP contribution >= 0.6 is 0 Å². The summed E-state index contributed by atoms with van der Waals surface area (Å²) < 4.78 is 11.0. The molecule has 0 radical (unpaired) electrons. The van der Waals surface area contributed by atoms with E-state index in [-0.39, 0.29) is 5.88 Å². The van der Waals surface area contributed by atoms with Crippen LogP contribution in [-0.4, -0.2) is 17.3 Å². The molecule has 1 aliphatic rings. The largest absolute Gasteiger partial charge is 0.497 e. The molecule has 3 aromatic carbocycles. The zero-order valence-corrected chi connectivity index (χ0v) is 17.4. The van der Waals surface area contributed by atoms with Crippen LogP contribution in [0.15, 0.2) is 90.3 Å². The van der Waals surface area contributed by atoms with Crippen LogP contribution in [0.3, 0.4) is 0 Å². The number of nitrogens with zero attached hydrogens (tertiary/aromatic N) is 2. The highest BCUT2D eigenvalue weighted by atomic mass is 16.5. The molecule has 0 aliphatic carbocycles. The van der Waals surface area contributed by atoms with Gasteiger partial charge in [-0.05, 0) is 28.8 Å². The summed E-state index contributed by atoms with van der Waals surface area (Å²) >= 11 is 0. The number of rotatable bonds is 4. The number of H-pyrrole nitrogens is 1. The van der Waals surface area contributed by atoms with Crippen LogP contribution in [0, 0.1) is 11.3 Å². The summed E-state index contributed by atoms with van der Waals surface area (Å²) in [5.74, 6) is 0.778. The minimum absolute atomic E-state index is 0.0679. The number of nitrogens with one attached hydrogen (secondary N) is 1. The summed E-state index contributed by atoms with van der Waals surface area (Å²) in [6.45, 7) is 0. The van der Waals surface area contributed by atoms with Gasteiger partial charge in [0.05, 0.1) is 24.3 Å². The molecule has 0 fully saturated rings. The number of ether oxygens (including phenoxy) is 2. The minimum Gasteiger partial charge on any atom is -0.497 e. The van der Waals surface area contributed by atoms with E-state index in [1.165, 1.54) is 0 Å². The van der Waals surface area contributed by atoms with E-state index < -0.39 is 5.92 Å².